The topological polar surface area (TPSA) is 46.5 Å². The summed E-state index contributed by atoms with van der Waals surface area (Å²) in [6.07, 6.45) is 7.62. The third-order valence-corrected chi connectivity index (χ3v) is 2.58. The molecule has 0 unspecified atom stereocenters. The Balaban J connectivity index is 2.09. The van der Waals surface area contributed by atoms with E-state index in [2.05, 4.69) is 4.89 Å². The molecule has 0 amide bonds. The van der Waals surface area contributed by atoms with E-state index < -0.39 is 5.97 Å². The summed E-state index contributed by atoms with van der Waals surface area (Å²) in [7, 11) is 0. The van der Waals surface area contributed by atoms with Crippen LogP contribution in [-0.4, -0.2) is 11.2 Å². The highest BCUT2D eigenvalue weighted by Crippen LogP contribution is 2.27. The number of carbonyl (C=O) groups excluding carboxylic acids is 1. The molecular formula is C9H16O3. The molecule has 0 aromatic carbocycles. The summed E-state index contributed by atoms with van der Waals surface area (Å²) in [5, 5.41) is 8.01. The fourth-order valence-corrected chi connectivity index (χ4v) is 1.84. The van der Waals surface area contributed by atoms with Gasteiger partial charge in [-0.25, -0.2) is 4.79 Å². The van der Waals surface area contributed by atoms with Crippen LogP contribution in [0.5, 0.6) is 0 Å². The summed E-state index contributed by atoms with van der Waals surface area (Å²) in [5.41, 5.74) is 0. The Morgan fingerprint density at radius 1 is 1.33 bits per heavy atom. The van der Waals surface area contributed by atoms with Crippen molar-refractivity contribution < 1.29 is 14.9 Å². The summed E-state index contributed by atoms with van der Waals surface area (Å²) < 4.78 is 0. The lowest BCUT2D eigenvalue weighted by atomic mass is 9.86. The SMILES string of the molecule is O=C(CCC1CCCCC1)OO. The standard InChI is InChI=1S/C9H16O3/c10-9(12-11)7-6-8-4-2-1-3-5-8/h8,11H,1-7H2. The average molecular weight is 172 g/mol. The normalized spacial score (nSPS) is 19.1. The molecule has 1 rings (SSSR count). The van der Waals surface area contributed by atoms with Crippen molar-refractivity contribution >= 4 is 5.97 Å². The second kappa shape index (κ2) is 5.14. The van der Waals surface area contributed by atoms with Crippen LogP contribution in [0.15, 0.2) is 0 Å². The number of hydrogen-bond donors (Lipinski definition) is 1. The van der Waals surface area contributed by atoms with Gasteiger partial charge in [-0.2, -0.15) is 5.26 Å². The lowest BCUT2D eigenvalue weighted by Gasteiger charge is -2.20. The predicted molar refractivity (Wildman–Crippen MR) is 44.5 cm³/mol. The van der Waals surface area contributed by atoms with Gasteiger partial charge in [0.05, 0.1) is 0 Å². The smallest absolute Gasteiger partial charge is 0.301 e. The molecule has 0 atom stereocenters. The fourth-order valence-electron chi connectivity index (χ4n) is 1.84. The molecule has 12 heavy (non-hydrogen) atoms. The molecule has 1 aliphatic carbocycles. The van der Waals surface area contributed by atoms with Crippen molar-refractivity contribution in [2.24, 2.45) is 5.92 Å². The minimum Gasteiger partial charge on any atom is -0.301 e. The minimum atomic E-state index is -0.499. The minimum absolute atomic E-state index is 0.362. The second-order valence-electron chi connectivity index (χ2n) is 3.51. The Hall–Kier alpha value is -0.570. The number of hydrogen-bond acceptors (Lipinski definition) is 3. The van der Waals surface area contributed by atoms with E-state index in [0.29, 0.717) is 12.3 Å². The van der Waals surface area contributed by atoms with Crippen molar-refractivity contribution in [1.82, 2.24) is 0 Å². The molecule has 1 N–H and O–H groups in total. The summed E-state index contributed by atoms with van der Waals surface area (Å²) in [6.45, 7) is 0. The highest BCUT2D eigenvalue weighted by molar-refractivity contribution is 5.68. The van der Waals surface area contributed by atoms with Crippen molar-refractivity contribution in [3.05, 3.63) is 0 Å². The first-order valence-electron chi connectivity index (χ1n) is 4.67. The van der Waals surface area contributed by atoms with E-state index in [1.54, 1.807) is 0 Å². The molecule has 0 heterocycles. The highest BCUT2D eigenvalue weighted by Gasteiger charge is 2.14. The Morgan fingerprint density at radius 3 is 2.58 bits per heavy atom. The lowest BCUT2D eigenvalue weighted by Crippen LogP contribution is -2.09. The Kier molecular flexibility index (Phi) is 4.08. The zero-order valence-electron chi connectivity index (χ0n) is 7.29. The molecule has 0 aliphatic heterocycles. The van der Waals surface area contributed by atoms with Gasteiger partial charge in [-0.1, -0.05) is 32.1 Å². The van der Waals surface area contributed by atoms with Gasteiger partial charge in [0.1, 0.15) is 0 Å². The quantitative estimate of drug-likeness (QED) is 0.525. The highest BCUT2D eigenvalue weighted by atomic mass is 17.1. The third kappa shape index (κ3) is 3.22. The Morgan fingerprint density at radius 2 is 2.00 bits per heavy atom. The van der Waals surface area contributed by atoms with Gasteiger partial charge in [-0.15, -0.1) is 0 Å². The Bertz CT molecular complexity index is 139. The zero-order chi connectivity index (χ0) is 8.81. The zero-order valence-corrected chi connectivity index (χ0v) is 7.29. The van der Waals surface area contributed by atoms with E-state index in [-0.39, 0.29) is 0 Å². The summed E-state index contributed by atoms with van der Waals surface area (Å²) in [5.74, 6) is 0.179. The van der Waals surface area contributed by atoms with Crippen LogP contribution in [0, 0.1) is 5.92 Å². The van der Waals surface area contributed by atoms with Crippen molar-refractivity contribution in [1.29, 1.82) is 0 Å². The first kappa shape index (κ1) is 9.52. The maximum absolute atomic E-state index is 10.6. The lowest BCUT2D eigenvalue weighted by molar-refractivity contribution is -0.234. The summed E-state index contributed by atoms with van der Waals surface area (Å²) in [4.78, 5) is 14.2. The van der Waals surface area contributed by atoms with Crippen LogP contribution >= 0.6 is 0 Å². The monoisotopic (exact) mass is 172 g/mol. The maximum Gasteiger partial charge on any atom is 0.342 e. The molecular weight excluding hydrogens is 156 g/mol. The van der Waals surface area contributed by atoms with E-state index in [4.69, 9.17) is 5.26 Å². The molecule has 0 bridgehead atoms. The van der Waals surface area contributed by atoms with Crippen molar-refractivity contribution in [3.63, 3.8) is 0 Å². The van der Waals surface area contributed by atoms with Crippen LogP contribution in [0.4, 0.5) is 0 Å². The van der Waals surface area contributed by atoms with E-state index in [1.165, 1.54) is 32.1 Å². The molecule has 0 spiro atoms. The maximum atomic E-state index is 10.6. The van der Waals surface area contributed by atoms with Crippen LogP contribution in [0.3, 0.4) is 0 Å². The first-order valence-corrected chi connectivity index (χ1v) is 4.67. The average Bonchev–Trinajstić information content (AvgIpc) is 2.16. The molecule has 1 aliphatic rings. The van der Waals surface area contributed by atoms with Crippen molar-refractivity contribution in [2.45, 2.75) is 44.9 Å². The molecule has 0 aromatic heterocycles. The van der Waals surface area contributed by atoms with Crippen LogP contribution in [0.1, 0.15) is 44.9 Å². The van der Waals surface area contributed by atoms with Gasteiger partial charge in [0.25, 0.3) is 0 Å². The van der Waals surface area contributed by atoms with Crippen LogP contribution < -0.4 is 0 Å². The van der Waals surface area contributed by atoms with E-state index in [9.17, 15) is 4.79 Å². The molecule has 1 fully saturated rings. The molecule has 70 valence electrons. The molecule has 0 radical (unpaired) electrons. The first-order chi connectivity index (χ1) is 5.83. The van der Waals surface area contributed by atoms with Gasteiger partial charge in [0.2, 0.25) is 0 Å². The molecule has 0 saturated heterocycles. The fraction of sp³-hybridized carbons (Fsp3) is 0.889. The van der Waals surface area contributed by atoms with Gasteiger partial charge in [0, 0.05) is 6.42 Å². The van der Waals surface area contributed by atoms with Crippen LogP contribution in [0.25, 0.3) is 0 Å². The molecule has 0 aromatic rings. The van der Waals surface area contributed by atoms with E-state index in [0.717, 1.165) is 6.42 Å². The second-order valence-corrected chi connectivity index (χ2v) is 3.51. The van der Waals surface area contributed by atoms with Gasteiger partial charge in [0.15, 0.2) is 0 Å². The summed E-state index contributed by atoms with van der Waals surface area (Å²) >= 11 is 0. The number of rotatable bonds is 3. The largest absolute Gasteiger partial charge is 0.342 e. The number of carbonyl (C=O) groups is 1. The third-order valence-electron chi connectivity index (χ3n) is 2.58. The van der Waals surface area contributed by atoms with Crippen LogP contribution in [0.2, 0.25) is 0 Å². The summed E-state index contributed by atoms with van der Waals surface area (Å²) in [6, 6.07) is 0. The van der Waals surface area contributed by atoms with E-state index >= 15 is 0 Å². The van der Waals surface area contributed by atoms with Crippen molar-refractivity contribution in [3.8, 4) is 0 Å². The molecule has 3 heteroatoms. The predicted octanol–water partition coefficient (Wildman–Crippen LogP) is 2.36. The van der Waals surface area contributed by atoms with Gasteiger partial charge in [-0.3, -0.25) is 0 Å². The van der Waals surface area contributed by atoms with Crippen LogP contribution in [-0.2, 0) is 9.68 Å². The van der Waals surface area contributed by atoms with Gasteiger partial charge >= 0.3 is 5.97 Å². The Labute approximate surface area is 72.7 Å². The van der Waals surface area contributed by atoms with Crippen molar-refractivity contribution in [2.75, 3.05) is 0 Å². The molecule has 3 nitrogen and oxygen atoms in total. The van der Waals surface area contributed by atoms with E-state index in [1.807, 2.05) is 0 Å². The molecule has 1 saturated carbocycles. The van der Waals surface area contributed by atoms with Gasteiger partial charge in [-0.05, 0) is 12.3 Å². The van der Waals surface area contributed by atoms with Gasteiger partial charge < -0.3 is 4.89 Å².